The number of aromatic nitrogens is 1. The number of nitrogens with zero attached hydrogens (tertiary/aromatic N) is 1. The highest BCUT2D eigenvalue weighted by atomic mass is 35.5. The van der Waals surface area contributed by atoms with Crippen LogP contribution in [0.25, 0.3) is 11.3 Å². The Morgan fingerprint density at radius 2 is 1.85 bits per heavy atom. The third-order valence-corrected chi connectivity index (χ3v) is 8.90. The smallest absolute Gasteiger partial charge is 0.174 e. The highest BCUT2D eigenvalue weighted by Gasteiger charge is 2.64. The molecule has 1 aromatic heterocycles. The lowest BCUT2D eigenvalue weighted by molar-refractivity contribution is -0.264. The van der Waals surface area contributed by atoms with E-state index in [1.54, 1.807) is 7.11 Å². The van der Waals surface area contributed by atoms with Crippen LogP contribution in [0.1, 0.15) is 56.3 Å². The molecule has 1 aliphatic heterocycles. The van der Waals surface area contributed by atoms with Crippen molar-refractivity contribution < 1.29 is 23.5 Å². The summed E-state index contributed by atoms with van der Waals surface area (Å²) in [6, 6.07) is 5.49. The van der Waals surface area contributed by atoms with Crippen LogP contribution in [0.5, 0.6) is 0 Å². The van der Waals surface area contributed by atoms with Crippen LogP contribution in [0.4, 0.5) is 0 Å². The van der Waals surface area contributed by atoms with Gasteiger partial charge in [-0.05, 0) is 50.2 Å². The third-order valence-electron chi connectivity index (χ3n) is 8.27. The molecule has 2 aromatic rings. The van der Waals surface area contributed by atoms with Gasteiger partial charge in [0.15, 0.2) is 5.79 Å². The summed E-state index contributed by atoms with van der Waals surface area (Å²) in [5.74, 6) is 1.91. The van der Waals surface area contributed by atoms with E-state index in [0.717, 1.165) is 43.4 Å². The van der Waals surface area contributed by atoms with Crippen molar-refractivity contribution in [1.82, 2.24) is 5.16 Å². The molecule has 6 nitrogen and oxygen atoms in total. The Morgan fingerprint density at radius 3 is 2.50 bits per heavy atom. The van der Waals surface area contributed by atoms with Gasteiger partial charge in [-0.3, -0.25) is 0 Å². The van der Waals surface area contributed by atoms with Gasteiger partial charge in [-0.1, -0.05) is 41.3 Å². The number of halogens is 2. The number of rotatable bonds is 7. The van der Waals surface area contributed by atoms with Crippen molar-refractivity contribution in [2.75, 3.05) is 26.9 Å². The average Bonchev–Trinajstić information content (AvgIpc) is 3.35. The minimum atomic E-state index is -0.452. The maximum atomic E-state index is 6.83. The minimum Gasteiger partial charge on any atom is -0.382 e. The minimum absolute atomic E-state index is 0.284. The van der Waals surface area contributed by atoms with Gasteiger partial charge in [-0.2, -0.15) is 0 Å². The van der Waals surface area contributed by atoms with Crippen molar-refractivity contribution in [3.8, 4) is 11.3 Å². The lowest BCUT2D eigenvalue weighted by atomic mass is 9.72. The molecular formula is C26H31Cl2NO5. The van der Waals surface area contributed by atoms with Gasteiger partial charge in [0.2, 0.25) is 0 Å². The molecule has 4 aliphatic rings. The first-order chi connectivity index (χ1) is 16.5. The van der Waals surface area contributed by atoms with Crippen LogP contribution in [0.3, 0.4) is 0 Å². The quantitative estimate of drug-likeness (QED) is 0.442. The topological polar surface area (TPSA) is 63.0 Å². The summed E-state index contributed by atoms with van der Waals surface area (Å²) < 4.78 is 30.9. The van der Waals surface area contributed by atoms with Crippen LogP contribution in [-0.2, 0) is 25.6 Å². The zero-order valence-electron chi connectivity index (χ0n) is 19.6. The number of ether oxygens (including phenoxy) is 4. The maximum Gasteiger partial charge on any atom is 0.174 e. The fraction of sp³-hybridized carbons (Fsp3) is 0.654. The zero-order chi connectivity index (χ0) is 23.5. The first kappa shape index (κ1) is 23.3. The molecule has 2 heterocycles. The van der Waals surface area contributed by atoms with Crippen molar-refractivity contribution in [1.29, 1.82) is 0 Å². The van der Waals surface area contributed by atoms with Crippen LogP contribution >= 0.6 is 23.2 Å². The van der Waals surface area contributed by atoms with Crippen molar-refractivity contribution in [3.63, 3.8) is 0 Å². The summed E-state index contributed by atoms with van der Waals surface area (Å²) in [5, 5.41) is 5.53. The molecule has 4 atom stereocenters. The first-order valence-corrected chi connectivity index (χ1v) is 13.1. The van der Waals surface area contributed by atoms with E-state index in [1.807, 2.05) is 18.2 Å². The molecule has 1 spiro atoms. The molecule has 184 valence electrons. The van der Waals surface area contributed by atoms with Gasteiger partial charge < -0.3 is 23.5 Å². The van der Waals surface area contributed by atoms with E-state index in [0.29, 0.717) is 65.5 Å². The van der Waals surface area contributed by atoms with E-state index in [-0.39, 0.29) is 5.92 Å². The third kappa shape index (κ3) is 3.73. The Kier molecular flexibility index (Phi) is 5.99. The van der Waals surface area contributed by atoms with Gasteiger partial charge in [0.1, 0.15) is 11.5 Å². The average molecular weight is 508 g/mol. The van der Waals surface area contributed by atoms with E-state index in [1.165, 1.54) is 0 Å². The van der Waals surface area contributed by atoms with Gasteiger partial charge >= 0.3 is 0 Å². The molecule has 4 fully saturated rings. The van der Waals surface area contributed by atoms with Crippen LogP contribution in [0.15, 0.2) is 22.7 Å². The fourth-order valence-electron chi connectivity index (χ4n) is 6.69. The predicted octanol–water partition coefficient (Wildman–Crippen LogP) is 6.24. The molecule has 2 bridgehead atoms. The monoisotopic (exact) mass is 507 g/mol. The molecule has 6 rings (SSSR count). The molecule has 0 N–H and O–H groups in total. The van der Waals surface area contributed by atoms with Crippen molar-refractivity contribution in [2.24, 2.45) is 17.8 Å². The summed E-state index contributed by atoms with van der Waals surface area (Å²) in [5.41, 5.74) is 1.90. The van der Waals surface area contributed by atoms with Crippen molar-refractivity contribution >= 4 is 23.2 Å². The highest BCUT2D eigenvalue weighted by Crippen LogP contribution is 2.60. The number of methoxy groups -OCH3 is 1. The van der Waals surface area contributed by atoms with Crippen molar-refractivity contribution in [2.45, 2.75) is 62.9 Å². The number of hydrogen-bond donors (Lipinski definition) is 0. The van der Waals surface area contributed by atoms with Gasteiger partial charge in [-0.15, -0.1) is 0 Å². The summed E-state index contributed by atoms with van der Waals surface area (Å²) in [7, 11) is 1.74. The Labute approximate surface area is 210 Å². The van der Waals surface area contributed by atoms with Crippen LogP contribution in [0.2, 0.25) is 10.0 Å². The molecule has 34 heavy (non-hydrogen) atoms. The van der Waals surface area contributed by atoms with Gasteiger partial charge in [0.25, 0.3) is 0 Å². The molecule has 1 aromatic carbocycles. The normalized spacial score (nSPS) is 32.1. The Balaban J connectivity index is 1.32. The Bertz CT molecular complexity index is 1040. The molecule has 1 unspecified atom stereocenters. The second kappa shape index (κ2) is 8.75. The largest absolute Gasteiger partial charge is 0.382 e. The molecule has 0 radical (unpaired) electrons. The summed E-state index contributed by atoms with van der Waals surface area (Å²) in [4.78, 5) is 0. The zero-order valence-corrected chi connectivity index (χ0v) is 21.2. The molecule has 3 saturated carbocycles. The first-order valence-electron chi connectivity index (χ1n) is 12.3. The molecular weight excluding hydrogens is 477 g/mol. The lowest BCUT2D eigenvalue weighted by Gasteiger charge is -2.48. The predicted molar refractivity (Wildman–Crippen MR) is 128 cm³/mol. The highest BCUT2D eigenvalue weighted by molar-refractivity contribution is 6.39. The molecule has 1 saturated heterocycles. The molecule has 0 amide bonds. The van der Waals surface area contributed by atoms with Crippen LogP contribution in [0, 0.1) is 17.8 Å². The van der Waals surface area contributed by atoms with E-state index >= 15 is 0 Å². The summed E-state index contributed by atoms with van der Waals surface area (Å²) >= 11 is 13.1. The summed E-state index contributed by atoms with van der Waals surface area (Å²) in [6.07, 6.45) is 4.96. The van der Waals surface area contributed by atoms with E-state index in [4.69, 9.17) is 46.7 Å². The fourth-order valence-corrected chi connectivity index (χ4v) is 7.26. The Hall–Kier alpha value is -1.15. The lowest BCUT2D eigenvalue weighted by Crippen LogP contribution is -2.55. The van der Waals surface area contributed by atoms with Crippen LogP contribution < -0.4 is 0 Å². The standard InChI is InChI=1S/C26H31Cl2NO5/c1-15-10-17-11-25(14-30-2,12-19(15)26(17)31-8-9-32-26)33-13-18-23(29-34-24(18)16-6-7-16)22-20(27)4-3-5-21(22)28/h3-5,15-17,19H,6-14H2,1-2H3/t15-,17+,19+,25?/m0/s1. The SMILES string of the molecule is COCC1(OCc2c(-c3c(Cl)cccc3Cl)noc2C2CC2)C[C@H]2C[C@H](C)[C@@H](C1)C21OCCO1. The second-order valence-electron chi connectivity index (χ2n) is 10.5. The molecule has 8 heteroatoms. The van der Waals surface area contributed by atoms with Gasteiger partial charge in [0.05, 0.1) is 42.1 Å². The number of hydrogen-bond acceptors (Lipinski definition) is 6. The maximum absolute atomic E-state index is 6.83. The van der Waals surface area contributed by atoms with Gasteiger partial charge in [-0.25, -0.2) is 0 Å². The molecule has 3 aliphatic carbocycles. The number of benzene rings is 1. The van der Waals surface area contributed by atoms with Gasteiger partial charge in [0, 0.05) is 36.0 Å². The Morgan fingerprint density at radius 1 is 1.12 bits per heavy atom. The second-order valence-corrected chi connectivity index (χ2v) is 11.3. The van der Waals surface area contributed by atoms with Crippen molar-refractivity contribution in [3.05, 3.63) is 39.6 Å². The van der Waals surface area contributed by atoms with E-state index in [2.05, 4.69) is 12.1 Å². The van der Waals surface area contributed by atoms with E-state index in [9.17, 15) is 0 Å². The van der Waals surface area contributed by atoms with Crippen LogP contribution in [-0.4, -0.2) is 43.5 Å². The van der Waals surface area contributed by atoms with E-state index < -0.39 is 11.4 Å². The summed E-state index contributed by atoms with van der Waals surface area (Å²) in [6.45, 7) is 4.55.